The smallest absolute Gasteiger partial charge is 0.338 e. The van der Waals surface area contributed by atoms with Gasteiger partial charge in [0.25, 0.3) is 15.9 Å². The van der Waals surface area contributed by atoms with Crippen LogP contribution in [0.25, 0.3) is 0 Å². The van der Waals surface area contributed by atoms with E-state index in [1.807, 2.05) is 20.8 Å². The first-order valence-electron chi connectivity index (χ1n) is 8.22. The van der Waals surface area contributed by atoms with Gasteiger partial charge in [0.05, 0.1) is 19.8 Å². The zero-order valence-corrected chi connectivity index (χ0v) is 17.1. The van der Waals surface area contributed by atoms with Gasteiger partial charge in [-0.3, -0.25) is 9.63 Å². The molecule has 0 saturated carbocycles. The van der Waals surface area contributed by atoms with Gasteiger partial charge in [-0.1, -0.05) is 18.3 Å². The number of methoxy groups -OCH3 is 1. The van der Waals surface area contributed by atoms with Crippen LogP contribution in [-0.4, -0.2) is 58.7 Å². The summed E-state index contributed by atoms with van der Waals surface area (Å²) >= 11 is 0. The fourth-order valence-electron chi connectivity index (χ4n) is 1.92. The van der Waals surface area contributed by atoms with Crippen LogP contribution >= 0.6 is 0 Å². The van der Waals surface area contributed by atoms with Crippen molar-refractivity contribution in [1.29, 1.82) is 0 Å². The molecule has 27 heavy (non-hydrogen) atoms. The molecule has 1 rings (SSSR count). The second-order valence-corrected chi connectivity index (χ2v) is 8.04. The third kappa shape index (κ3) is 5.91. The van der Waals surface area contributed by atoms with Crippen LogP contribution < -0.4 is 10.1 Å². The van der Waals surface area contributed by atoms with E-state index in [1.165, 1.54) is 33.4 Å². The highest BCUT2D eigenvalue weighted by Gasteiger charge is 2.27. The Bertz CT molecular complexity index is 777. The molecule has 0 aliphatic carbocycles. The Labute approximate surface area is 159 Å². The van der Waals surface area contributed by atoms with Gasteiger partial charge < -0.3 is 14.8 Å². The first-order valence-corrected chi connectivity index (χ1v) is 9.66. The number of rotatable bonds is 9. The molecule has 10 heteroatoms. The van der Waals surface area contributed by atoms with Crippen molar-refractivity contribution in [3.8, 4) is 5.75 Å². The number of hydrogen-bond acceptors (Lipinski definition) is 7. The predicted octanol–water partition coefficient (Wildman–Crippen LogP) is 1.19. The van der Waals surface area contributed by atoms with Crippen LogP contribution in [-0.2, 0) is 24.4 Å². The van der Waals surface area contributed by atoms with Crippen molar-refractivity contribution in [2.24, 2.45) is 5.92 Å². The lowest BCUT2D eigenvalue weighted by atomic mass is 10.1. The monoisotopic (exact) mass is 402 g/mol. The maximum atomic E-state index is 12.5. The molecule has 1 atom stereocenters. The van der Waals surface area contributed by atoms with Gasteiger partial charge in [0.1, 0.15) is 10.6 Å². The SMILES string of the molecule is COc1ccc(C(=O)OCC(=O)N[C@H](C)C(C)C)cc1S(=O)(=O)N(C)OC. The lowest BCUT2D eigenvalue weighted by Gasteiger charge is -2.18. The van der Waals surface area contributed by atoms with Gasteiger partial charge in [0, 0.05) is 13.1 Å². The van der Waals surface area contributed by atoms with Gasteiger partial charge in [-0.2, -0.15) is 0 Å². The van der Waals surface area contributed by atoms with Crippen molar-refractivity contribution in [2.75, 3.05) is 27.9 Å². The molecule has 0 unspecified atom stereocenters. The molecule has 0 saturated heterocycles. The van der Waals surface area contributed by atoms with E-state index in [2.05, 4.69) is 5.32 Å². The summed E-state index contributed by atoms with van der Waals surface area (Å²) in [5, 5.41) is 2.71. The van der Waals surface area contributed by atoms with E-state index in [4.69, 9.17) is 14.3 Å². The number of carbonyl (C=O) groups is 2. The Morgan fingerprint density at radius 1 is 1.19 bits per heavy atom. The third-order valence-electron chi connectivity index (χ3n) is 4.00. The first-order chi connectivity index (χ1) is 12.5. The summed E-state index contributed by atoms with van der Waals surface area (Å²) < 4.78 is 35.6. The maximum absolute atomic E-state index is 12.5. The molecule has 0 heterocycles. The average Bonchev–Trinajstić information content (AvgIpc) is 2.64. The zero-order valence-electron chi connectivity index (χ0n) is 16.3. The fraction of sp³-hybridized carbons (Fsp3) is 0.529. The Morgan fingerprint density at radius 2 is 1.81 bits per heavy atom. The molecule has 1 aromatic rings. The summed E-state index contributed by atoms with van der Waals surface area (Å²) in [6.45, 7) is 5.28. The number of hydrogen-bond donors (Lipinski definition) is 1. The van der Waals surface area contributed by atoms with Crippen LogP contribution in [0.3, 0.4) is 0 Å². The quantitative estimate of drug-likeness (QED) is 0.488. The van der Waals surface area contributed by atoms with Crippen LogP contribution in [0, 0.1) is 5.92 Å². The average molecular weight is 402 g/mol. The molecular weight excluding hydrogens is 376 g/mol. The molecule has 0 fully saturated rings. The van der Waals surface area contributed by atoms with E-state index >= 15 is 0 Å². The molecule has 0 spiro atoms. The summed E-state index contributed by atoms with van der Waals surface area (Å²) in [4.78, 5) is 28.5. The van der Waals surface area contributed by atoms with Gasteiger partial charge >= 0.3 is 5.97 Å². The number of esters is 1. The largest absolute Gasteiger partial charge is 0.495 e. The Morgan fingerprint density at radius 3 is 2.33 bits per heavy atom. The Hall–Kier alpha value is -2.17. The molecule has 0 bridgehead atoms. The topological polar surface area (TPSA) is 111 Å². The maximum Gasteiger partial charge on any atom is 0.338 e. The second-order valence-electron chi connectivity index (χ2n) is 6.14. The molecule has 1 aromatic carbocycles. The summed E-state index contributed by atoms with van der Waals surface area (Å²) in [5.74, 6) is -0.998. The van der Waals surface area contributed by atoms with E-state index < -0.39 is 28.5 Å². The van der Waals surface area contributed by atoms with Crippen molar-refractivity contribution < 1.29 is 32.3 Å². The summed E-state index contributed by atoms with van der Waals surface area (Å²) in [6, 6.07) is 3.72. The van der Waals surface area contributed by atoms with Crippen LogP contribution in [0.15, 0.2) is 23.1 Å². The summed E-state index contributed by atoms with van der Waals surface area (Å²) in [6.07, 6.45) is 0. The molecule has 0 aliphatic rings. The third-order valence-corrected chi connectivity index (χ3v) is 5.70. The van der Waals surface area contributed by atoms with Crippen LogP contribution in [0.4, 0.5) is 0 Å². The van der Waals surface area contributed by atoms with E-state index in [0.717, 1.165) is 6.07 Å². The van der Waals surface area contributed by atoms with Gasteiger partial charge in [0.2, 0.25) is 0 Å². The number of benzene rings is 1. The van der Waals surface area contributed by atoms with Crippen molar-refractivity contribution in [1.82, 2.24) is 9.79 Å². The lowest BCUT2D eigenvalue weighted by molar-refractivity contribution is -0.125. The molecule has 0 aliphatic heterocycles. The molecule has 1 N–H and O–H groups in total. The van der Waals surface area contributed by atoms with Crippen LogP contribution in [0.1, 0.15) is 31.1 Å². The van der Waals surface area contributed by atoms with Gasteiger partial charge in [-0.25, -0.2) is 13.2 Å². The first kappa shape index (κ1) is 22.9. The number of carbonyl (C=O) groups excluding carboxylic acids is 2. The van der Waals surface area contributed by atoms with Crippen molar-refractivity contribution in [2.45, 2.75) is 31.7 Å². The number of hydroxylamine groups is 1. The Balaban J connectivity index is 2.96. The van der Waals surface area contributed by atoms with Crippen molar-refractivity contribution in [3.05, 3.63) is 23.8 Å². The lowest BCUT2D eigenvalue weighted by Crippen LogP contribution is -2.38. The molecule has 1 amide bonds. The predicted molar refractivity (Wildman–Crippen MR) is 97.7 cm³/mol. The highest BCUT2D eigenvalue weighted by Crippen LogP contribution is 2.27. The van der Waals surface area contributed by atoms with E-state index in [1.54, 1.807) is 0 Å². The number of ether oxygens (including phenoxy) is 2. The number of nitrogens with one attached hydrogen (secondary N) is 1. The summed E-state index contributed by atoms with van der Waals surface area (Å²) in [5.41, 5.74) is -0.0383. The van der Waals surface area contributed by atoms with E-state index in [-0.39, 0.29) is 28.2 Å². The molecule has 0 radical (unpaired) electrons. The summed E-state index contributed by atoms with van der Waals surface area (Å²) in [7, 11) is -0.339. The van der Waals surface area contributed by atoms with Crippen LogP contribution in [0.2, 0.25) is 0 Å². The van der Waals surface area contributed by atoms with E-state index in [9.17, 15) is 18.0 Å². The van der Waals surface area contributed by atoms with Gasteiger partial charge in [0.15, 0.2) is 6.61 Å². The minimum Gasteiger partial charge on any atom is -0.495 e. The number of nitrogens with zero attached hydrogens (tertiary/aromatic N) is 1. The minimum atomic E-state index is -4.05. The number of sulfonamides is 1. The number of amides is 1. The second kappa shape index (κ2) is 9.67. The highest BCUT2D eigenvalue weighted by molar-refractivity contribution is 7.89. The highest BCUT2D eigenvalue weighted by atomic mass is 32.2. The van der Waals surface area contributed by atoms with Gasteiger partial charge in [-0.05, 0) is 31.0 Å². The van der Waals surface area contributed by atoms with Crippen LogP contribution in [0.5, 0.6) is 5.75 Å². The van der Waals surface area contributed by atoms with E-state index in [0.29, 0.717) is 4.47 Å². The molecule has 152 valence electrons. The molecule has 9 nitrogen and oxygen atoms in total. The van der Waals surface area contributed by atoms with Gasteiger partial charge in [-0.15, -0.1) is 0 Å². The van der Waals surface area contributed by atoms with Crippen molar-refractivity contribution in [3.63, 3.8) is 0 Å². The van der Waals surface area contributed by atoms with Crippen molar-refractivity contribution >= 4 is 21.9 Å². The molecule has 0 aromatic heterocycles. The fourth-order valence-corrected chi connectivity index (χ4v) is 3.07. The Kier molecular flexibility index (Phi) is 8.20. The zero-order chi connectivity index (χ0) is 20.8. The standard InChI is InChI=1S/C17H26N2O7S/c1-11(2)12(3)18-16(20)10-26-17(21)13-7-8-14(24-5)15(9-13)27(22,23)19(4)25-6/h7-9,11-12H,10H2,1-6H3,(H,18,20)/t12-/m1/s1. The minimum absolute atomic E-state index is 0.0383. The normalized spacial score (nSPS) is 12.7. The molecular formula is C17H26N2O7S.